The number of hydrogen-bond acceptors (Lipinski definition) is 9. The molecule has 12 atom stereocenters. The van der Waals surface area contributed by atoms with Gasteiger partial charge in [0.1, 0.15) is 12.2 Å². The molecule has 3 aliphatic heterocycles. The van der Waals surface area contributed by atoms with E-state index in [-0.39, 0.29) is 48.5 Å². The van der Waals surface area contributed by atoms with Crippen molar-refractivity contribution in [3.63, 3.8) is 0 Å². The van der Waals surface area contributed by atoms with E-state index in [1.54, 1.807) is 13.0 Å². The normalized spacial score (nSPS) is 46.7. The highest BCUT2D eigenvalue weighted by molar-refractivity contribution is 5.87. The summed E-state index contributed by atoms with van der Waals surface area (Å²) in [6, 6.07) is 0. The van der Waals surface area contributed by atoms with E-state index in [1.807, 2.05) is 6.92 Å². The van der Waals surface area contributed by atoms with E-state index < -0.39 is 34.4 Å². The molecule has 3 heterocycles. The highest BCUT2D eigenvalue weighted by Crippen LogP contribution is 2.74. The van der Waals surface area contributed by atoms with E-state index in [0.29, 0.717) is 30.4 Å². The van der Waals surface area contributed by atoms with Gasteiger partial charge in [-0.2, -0.15) is 0 Å². The van der Waals surface area contributed by atoms with Gasteiger partial charge >= 0.3 is 17.9 Å². The largest absolute Gasteiger partial charge is 0.469 e. The van der Waals surface area contributed by atoms with Crippen LogP contribution in [0.2, 0.25) is 0 Å². The lowest BCUT2D eigenvalue weighted by Gasteiger charge is -2.65. The van der Waals surface area contributed by atoms with Gasteiger partial charge in [-0.1, -0.05) is 32.4 Å². The zero-order valence-electron chi connectivity index (χ0n) is 26.9. The predicted molar refractivity (Wildman–Crippen MR) is 156 cm³/mol. The lowest BCUT2D eigenvalue weighted by atomic mass is 9.40. The van der Waals surface area contributed by atoms with Gasteiger partial charge in [-0.05, 0) is 56.9 Å². The second-order valence-corrected chi connectivity index (χ2v) is 14.5. The van der Waals surface area contributed by atoms with Crippen molar-refractivity contribution in [2.24, 2.45) is 39.9 Å². The fourth-order valence-corrected chi connectivity index (χ4v) is 10.6. The van der Waals surface area contributed by atoms with E-state index in [2.05, 4.69) is 27.7 Å². The standard InChI is InChI=1S/C34H48O9/c1-9-17(2)31(37)43-25-14-24(41-19(4)35)32(5)16-40-28-29(32)33(25,6)23(13-26(36)38-8)34(7)27-18(3)21(20-10-11-39-15-20)12-22(27)42-30(28)34/h9,20-25,28-30H,10-16H2,1-8H3/b17-9+/t20?,21?,22-,23-,24-,25+,28-,29?,30-,32-,33+,34-/m1/s1. The summed E-state index contributed by atoms with van der Waals surface area (Å²) in [4.78, 5) is 39.1. The minimum atomic E-state index is -0.713. The molecule has 6 aliphatic rings. The SMILES string of the molecule is C/C=C(\C)C(=O)O[C@H]1C[C@@H](OC(C)=O)[C@@]2(C)CO[C@@H]3C2[C@@]1(C)[C@@H](CC(=O)OC)[C@]1(C)C2=C(C)C(C4CCOC4)C[C@H]2O[C@H]31. The first-order valence-corrected chi connectivity index (χ1v) is 16.0. The molecule has 0 amide bonds. The maximum atomic E-state index is 13.4. The van der Waals surface area contributed by atoms with Crippen LogP contribution in [0.15, 0.2) is 22.8 Å². The van der Waals surface area contributed by atoms with E-state index in [9.17, 15) is 14.4 Å². The van der Waals surface area contributed by atoms with Crippen molar-refractivity contribution in [1.29, 1.82) is 0 Å². The number of esters is 3. The number of methoxy groups -OCH3 is 1. The van der Waals surface area contributed by atoms with Crippen LogP contribution in [0.4, 0.5) is 0 Å². The Morgan fingerprint density at radius 3 is 2.44 bits per heavy atom. The van der Waals surface area contributed by atoms with Crippen LogP contribution in [0.25, 0.3) is 0 Å². The lowest BCUT2D eigenvalue weighted by molar-refractivity contribution is -0.251. The van der Waals surface area contributed by atoms with Crippen LogP contribution in [0.1, 0.15) is 74.1 Å². The monoisotopic (exact) mass is 600 g/mol. The molecule has 2 saturated carbocycles. The number of rotatable bonds is 6. The van der Waals surface area contributed by atoms with Crippen LogP contribution in [-0.2, 0) is 42.8 Å². The third-order valence-electron chi connectivity index (χ3n) is 12.6. The second-order valence-electron chi connectivity index (χ2n) is 14.5. The molecule has 0 radical (unpaired) electrons. The Labute approximate surface area is 255 Å². The quantitative estimate of drug-likeness (QED) is 0.188. The first-order valence-electron chi connectivity index (χ1n) is 16.0. The molecule has 43 heavy (non-hydrogen) atoms. The molecule has 0 aromatic rings. The van der Waals surface area contributed by atoms with Crippen molar-refractivity contribution in [3.05, 3.63) is 22.8 Å². The Hall–Kier alpha value is -2.23. The summed E-state index contributed by atoms with van der Waals surface area (Å²) in [5.74, 6) is -0.751. The molecule has 9 nitrogen and oxygen atoms in total. The Morgan fingerprint density at radius 1 is 1.07 bits per heavy atom. The molecule has 3 aliphatic carbocycles. The third-order valence-corrected chi connectivity index (χ3v) is 12.6. The van der Waals surface area contributed by atoms with Crippen molar-refractivity contribution >= 4 is 17.9 Å². The molecule has 0 spiro atoms. The second kappa shape index (κ2) is 10.7. The summed E-state index contributed by atoms with van der Waals surface area (Å²) in [5.41, 5.74) is 1.29. The molecule has 0 aromatic heterocycles. The van der Waals surface area contributed by atoms with Crippen LogP contribution < -0.4 is 0 Å². The number of carbonyl (C=O) groups excluding carboxylic acids is 3. The van der Waals surface area contributed by atoms with Crippen molar-refractivity contribution in [1.82, 2.24) is 0 Å². The maximum absolute atomic E-state index is 13.4. The highest BCUT2D eigenvalue weighted by atomic mass is 16.6. The summed E-state index contributed by atoms with van der Waals surface area (Å²) in [6.07, 6.45) is 2.30. The molecule has 3 saturated heterocycles. The van der Waals surface area contributed by atoms with Crippen LogP contribution in [0.5, 0.6) is 0 Å². The lowest BCUT2D eigenvalue weighted by Crippen LogP contribution is -2.71. The average Bonchev–Trinajstić information content (AvgIpc) is 3.73. The van der Waals surface area contributed by atoms with Gasteiger partial charge < -0.3 is 28.4 Å². The number of fused-ring (bicyclic) bond motifs is 4. The summed E-state index contributed by atoms with van der Waals surface area (Å²) >= 11 is 0. The first kappa shape index (κ1) is 30.8. The molecule has 0 aromatic carbocycles. The van der Waals surface area contributed by atoms with E-state index in [1.165, 1.54) is 25.2 Å². The highest BCUT2D eigenvalue weighted by Gasteiger charge is 2.78. The third kappa shape index (κ3) is 4.31. The summed E-state index contributed by atoms with van der Waals surface area (Å²) in [6.45, 7) is 15.7. The Morgan fingerprint density at radius 2 is 1.81 bits per heavy atom. The van der Waals surface area contributed by atoms with Crippen molar-refractivity contribution < 1.29 is 42.8 Å². The van der Waals surface area contributed by atoms with Crippen LogP contribution in [-0.4, -0.2) is 75.4 Å². The van der Waals surface area contributed by atoms with Gasteiger partial charge in [0.25, 0.3) is 0 Å². The Bertz CT molecular complexity index is 1250. The molecule has 6 rings (SSSR count). The van der Waals surface area contributed by atoms with Crippen molar-refractivity contribution in [3.8, 4) is 0 Å². The molecular formula is C34H48O9. The fraction of sp³-hybridized carbons (Fsp3) is 0.794. The van der Waals surface area contributed by atoms with Gasteiger partial charge in [0.2, 0.25) is 0 Å². The molecule has 0 N–H and O–H groups in total. The van der Waals surface area contributed by atoms with E-state index >= 15 is 0 Å². The summed E-state index contributed by atoms with van der Waals surface area (Å²) in [7, 11) is 1.42. The van der Waals surface area contributed by atoms with Gasteiger partial charge in [0, 0.05) is 54.1 Å². The summed E-state index contributed by atoms with van der Waals surface area (Å²) < 4.78 is 37.3. The van der Waals surface area contributed by atoms with E-state index in [0.717, 1.165) is 26.1 Å². The summed E-state index contributed by atoms with van der Waals surface area (Å²) in [5, 5.41) is 0. The predicted octanol–water partition coefficient (Wildman–Crippen LogP) is 4.57. The molecule has 9 heteroatoms. The van der Waals surface area contributed by atoms with Crippen LogP contribution in [0, 0.1) is 39.9 Å². The van der Waals surface area contributed by atoms with Gasteiger partial charge in [-0.15, -0.1) is 0 Å². The minimum absolute atomic E-state index is 0.0736. The Kier molecular flexibility index (Phi) is 7.65. The minimum Gasteiger partial charge on any atom is -0.469 e. The van der Waals surface area contributed by atoms with Gasteiger partial charge in [-0.25, -0.2) is 4.79 Å². The van der Waals surface area contributed by atoms with Crippen molar-refractivity contribution in [2.75, 3.05) is 26.9 Å². The zero-order valence-corrected chi connectivity index (χ0v) is 26.9. The fourth-order valence-electron chi connectivity index (χ4n) is 10.6. The van der Waals surface area contributed by atoms with Gasteiger partial charge in [0.05, 0.1) is 38.6 Å². The molecular weight excluding hydrogens is 552 g/mol. The first-order chi connectivity index (χ1) is 20.3. The van der Waals surface area contributed by atoms with Crippen LogP contribution in [0.3, 0.4) is 0 Å². The van der Waals surface area contributed by atoms with Gasteiger partial charge in [0.15, 0.2) is 0 Å². The molecule has 5 fully saturated rings. The maximum Gasteiger partial charge on any atom is 0.333 e. The number of hydrogen-bond donors (Lipinski definition) is 0. The Balaban J connectivity index is 1.53. The van der Waals surface area contributed by atoms with Gasteiger partial charge in [-0.3, -0.25) is 9.59 Å². The topological polar surface area (TPSA) is 107 Å². The average molecular weight is 601 g/mol. The number of allylic oxidation sites excluding steroid dienone is 2. The number of carbonyl (C=O) groups is 3. The molecule has 3 unspecified atom stereocenters. The van der Waals surface area contributed by atoms with E-state index in [4.69, 9.17) is 28.4 Å². The van der Waals surface area contributed by atoms with Crippen molar-refractivity contribution in [2.45, 2.75) is 105 Å². The molecule has 0 bridgehead atoms. The molecule has 238 valence electrons. The van der Waals surface area contributed by atoms with Crippen LogP contribution >= 0.6 is 0 Å². The zero-order chi connectivity index (χ0) is 31.1. The number of ether oxygens (including phenoxy) is 6. The smallest absolute Gasteiger partial charge is 0.333 e.